The predicted molar refractivity (Wildman–Crippen MR) is 68.8 cm³/mol. The molecule has 0 aromatic heterocycles. The van der Waals surface area contributed by atoms with Crippen LogP contribution in [0.25, 0.3) is 0 Å². The van der Waals surface area contributed by atoms with Crippen LogP contribution in [0.15, 0.2) is 0 Å². The monoisotopic (exact) mass is 242 g/mol. The van der Waals surface area contributed by atoms with Crippen LogP contribution in [0.5, 0.6) is 0 Å². The largest absolute Gasteiger partial charge is 0.392 e. The van der Waals surface area contributed by atoms with E-state index in [1.165, 1.54) is 25.7 Å². The molecule has 100 valence electrons. The minimum absolute atomic E-state index is 0.0138. The maximum absolute atomic E-state index is 11.3. The van der Waals surface area contributed by atoms with Gasteiger partial charge in [0.05, 0.1) is 12.6 Å². The van der Waals surface area contributed by atoms with Crippen molar-refractivity contribution >= 4 is 5.91 Å². The van der Waals surface area contributed by atoms with Gasteiger partial charge in [-0.1, -0.05) is 32.6 Å². The summed E-state index contributed by atoms with van der Waals surface area (Å²) in [6.45, 7) is 3.59. The van der Waals surface area contributed by atoms with Gasteiger partial charge in [0.1, 0.15) is 0 Å². The maximum atomic E-state index is 11.3. The maximum Gasteiger partial charge on any atom is 0.233 e. The fourth-order valence-electron chi connectivity index (χ4n) is 2.39. The Labute approximate surface area is 104 Å². The van der Waals surface area contributed by atoms with Crippen molar-refractivity contribution < 1.29 is 9.90 Å². The van der Waals surface area contributed by atoms with Crippen LogP contribution in [0, 0.1) is 5.92 Å². The molecule has 1 aliphatic carbocycles. The lowest BCUT2D eigenvalue weighted by Gasteiger charge is -2.15. The van der Waals surface area contributed by atoms with Gasteiger partial charge >= 0.3 is 0 Å². The molecule has 0 aromatic carbocycles. The van der Waals surface area contributed by atoms with Crippen molar-refractivity contribution in [3.8, 4) is 0 Å². The molecule has 1 unspecified atom stereocenters. The summed E-state index contributed by atoms with van der Waals surface area (Å²) in [5.41, 5.74) is 0. The number of aliphatic hydroxyl groups is 1. The second kappa shape index (κ2) is 8.48. The molecule has 0 aromatic rings. The number of nitrogens with one attached hydrogen (secondary N) is 2. The molecule has 1 amide bonds. The highest BCUT2D eigenvalue weighted by atomic mass is 16.3. The van der Waals surface area contributed by atoms with Crippen molar-refractivity contribution in [2.24, 2.45) is 5.92 Å². The lowest BCUT2D eigenvalue weighted by Crippen LogP contribution is -2.37. The van der Waals surface area contributed by atoms with E-state index >= 15 is 0 Å². The van der Waals surface area contributed by atoms with Gasteiger partial charge in [0, 0.05) is 13.1 Å². The Kier molecular flexibility index (Phi) is 7.21. The number of hydrogen-bond donors (Lipinski definition) is 3. The standard InChI is InChI=1S/C13H26N2O2/c1-2-7-15-13(17)10-14-9-12(16)8-11-5-3-4-6-11/h11-12,14,16H,2-10H2,1H3,(H,15,17). The van der Waals surface area contributed by atoms with Gasteiger partial charge in [0.2, 0.25) is 5.91 Å². The molecular weight excluding hydrogens is 216 g/mol. The van der Waals surface area contributed by atoms with Crippen LogP contribution in [-0.4, -0.2) is 36.8 Å². The number of carbonyl (C=O) groups excluding carboxylic acids is 1. The summed E-state index contributed by atoms with van der Waals surface area (Å²) in [5.74, 6) is 0.709. The summed E-state index contributed by atoms with van der Waals surface area (Å²) >= 11 is 0. The zero-order valence-corrected chi connectivity index (χ0v) is 10.9. The third kappa shape index (κ3) is 6.64. The first kappa shape index (κ1) is 14.5. The molecule has 1 rings (SSSR count). The summed E-state index contributed by atoms with van der Waals surface area (Å²) in [4.78, 5) is 11.3. The van der Waals surface area contributed by atoms with Gasteiger partial charge in [-0.25, -0.2) is 0 Å². The number of aliphatic hydroxyl groups excluding tert-OH is 1. The van der Waals surface area contributed by atoms with E-state index in [1.54, 1.807) is 0 Å². The molecule has 1 saturated carbocycles. The van der Waals surface area contributed by atoms with Gasteiger partial charge in [-0.2, -0.15) is 0 Å². The van der Waals surface area contributed by atoms with Gasteiger partial charge in [0.25, 0.3) is 0 Å². The molecule has 3 N–H and O–H groups in total. The van der Waals surface area contributed by atoms with Gasteiger partial charge in [-0.05, 0) is 18.8 Å². The summed E-state index contributed by atoms with van der Waals surface area (Å²) in [6.07, 6.45) is 6.66. The summed E-state index contributed by atoms with van der Waals surface area (Å²) in [5, 5.41) is 15.6. The van der Waals surface area contributed by atoms with Crippen molar-refractivity contribution in [2.75, 3.05) is 19.6 Å². The third-order valence-corrected chi connectivity index (χ3v) is 3.32. The Morgan fingerprint density at radius 2 is 2.12 bits per heavy atom. The van der Waals surface area contributed by atoms with E-state index in [0.717, 1.165) is 19.4 Å². The Bertz CT molecular complexity index is 215. The summed E-state index contributed by atoms with van der Waals surface area (Å²) in [7, 11) is 0. The van der Waals surface area contributed by atoms with E-state index in [0.29, 0.717) is 19.0 Å². The van der Waals surface area contributed by atoms with E-state index in [-0.39, 0.29) is 12.0 Å². The quantitative estimate of drug-likeness (QED) is 0.596. The molecule has 0 bridgehead atoms. The predicted octanol–water partition coefficient (Wildman–Crippen LogP) is 1.04. The fraction of sp³-hybridized carbons (Fsp3) is 0.923. The molecule has 0 radical (unpaired) electrons. The van der Waals surface area contributed by atoms with E-state index in [9.17, 15) is 9.90 Å². The van der Waals surface area contributed by atoms with Crippen LogP contribution in [0.2, 0.25) is 0 Å². The Hall–Kier alpha value is -0.610. The number of amides is 1. The van der Waals surface area contributed by atoms with E-state index in [4.69, 9.17) is 0 Å². The van der Waals surface area contributed by atoms with Crippen molar-refractivity contribution in [3.63, 3.8) is 0 Å². The second-order valence-corrected chi connectivity index (χ2v) is 5.02. The number of rotatable bonds is 8. The topological polar surface area (TPSA) is 61.4 Å². The SMILES string of the molecule is CCCNC(=O)CNCC(O)CC1CCCC1. The van der Waals surface area contributed by atoms with Gasteiger partial charge < -0.3 is 15.7 Å². The van der Waals surface area contributed by atoms with E-state index < -0.39 is 0 Å². The number of hydrogen-bond acceptors (Lipinski definition) is 3. The first-order chi connectivity index (χ1) is 8.22. The van der Waals surface area contributed by atoms with Crippen LogP contribution >= 0.6 is 0 Å². The molecule has 0 saturated heterocycles. The molecule has 1 atom stereocenters. The van der Waals surface area contributed by atoms with Crippen LogP contribution in [0.1, 0.15) is 45.4 Å². The van der Waals surface area contributed by atoms with Gasteiger partial charge in [-0.3, -0.25) is 4.79 Å². The zero-order chi connectivity index (χ0) is 12.5. The first-order valence-corrected chi connectivity index (χ1v) is 6.87. The Morgan fingerprint density at radius 1 is 1.41 bits per heavy atom. The minimum Gasteiger partial charge on any atom is -0.392 e. The molecule has 0 heterocycles. The smallest absolute Gasteiger partial charge is 0.233 e. The molecule has 1 fully saturated rings. The normalized spacial score (nSPS) is 18.2. The molecule has 4 nitrogen and oxygen atoms in total. The van der Waals surface area contributed by atoms with Crippen LogP contribution < -0.4 is 10.6 Å². The molecule has 1 aliphatic rings. The average Bonchev–Trinajstić information content (AvgIpc) is 2.79. The van der Waals surface area contributed by atoms with Crippen molar-refractivity contribution in [3.05, 3.63) is 0 Å². The van der Waals surface area contributed by atoms with E-state index in [1.807, 2.05) is 6.92 Å². The fourth-order valence-corrected chi connectivity index (χ4v) is 2.39. The highest BCUT2D eigenvalue weighted by Crippen LogP contribution is 2.28. The number of carbonyl (C=O) groups is 1. The highest BCUT2D eigenvalue weighted by molar-refractivity contribution is 5.77. The van der Waals surface area contributed by atoms with Crippen LogP contribution in [-0.2, 0) is 4.79 Å². The minimum atomic E-state index is -0.308. The summed E-state index contributed by atoms with van der Waals surface area (Å²) < 4.78 is 0. The average molecular weight is 242 g/mol. The molecule has 4 heteroatoms. The highest BCUT2D eigenvalue weighted by Gasteiger charge is 2.18. The second-order valence-electron chi connectivity index (χ2n) is 5.02. The lowest BCUT2D eigenvalue weighted by atomic mass is 10.0. The van der Waals surface area contributed by atoms with Crippen molar-refractivity contribution in [1.82, 2.24) is 10.6 Å². The van der Waals surface area contributed by atoms with E-state index in [2.05, 4.69) is 10.6 Å². The molecular formula is C13H26N2O2. The Balaban J connectivity index is 1.99. The van der Waals surface area contributed by atoms with Crippen molar-refractivity contribution in [2.45, 2.75) is 51.6 Å². The lowest BCUT2D eigenvalue weighted by molar-refractivity contribution is -0.120. The molecule has 17 heavy (non-hydrogen) atoms. The first-order valence-electron chi connectivity index (χ1n) is 6.87. The van der Waals surface area contributed by atoms with Crippen molar-refractivity contribution in [1.29, 1.82) is 0 Å². The van der Waals surface area contributed by atoms with Gasteiger partial charge in [0.15, 0.2) is 0 Å². The molecule has 0 aliphatic heterocycles. The van der Waals surface area contributed by atoms with Gasteiger partial charge in [-0.15, -0.1) is 0 Å². The zero-order valence-electron chi connectivity index (χ0n) is 10.9. The van der Waals surface area contributed by atoms with Crippen LogP contribution in [0.3, 0.4) is 0 Å². The third-order valence-electron chi connectivity index (χ3n) is 3.32. The summed E-state index contributed by atoms with van der Waals surface area (Å²) in [6, 6.07) is 0. The molecule has 0 spiro atoms. The Morgan fingerprint density at radius 3 is 2.76 bits per heavy atom. The van der Waals surface area contributed by atoms with Crippen LogP contribution in [0.4, 0.5) is 0 Å².